The normalized spacial score (nSPS) is 11.5. The molecule has 0 unspecified atom stereocenters. The van der Waals surface area contributed by atoms with Gasteiger partial charge in [0.05, 0.1) is 17.0 Å². The Balaban J connectivity index is 2.63. The molecular formula is C12H19ClN2O. The van der Waals surface area contributed by atoms with Gasteiger partial charge in [-0.2, -0.15) is 0 Å². The molecule has 0 aliphatic rings. The van der Waals surface area contributed by atoms with E-state index in [1.165, 1.54) is 0 Å². The van der Waals surface area contributed by atoms with Gasteiger partial charge in [0.25, 0.3) is 0 Å². The number of hydrogen-bond donors (Lipinski definition) is 2. The van der Waals surface area contributed by atoms with Crippen LogP contribution < -0.4 is 11.1 Å². The zero-order valence-electron chi connectivity index (χ0n) is 10.0. The van der Waals surface area contributed by atoms with Crippen LogP contribution in [0.15, 0.2) is 18.2 Å². The van der Waals surface area contributed by atoms with Crippen LogP contribution in [-0.2, 0) is 4.74 Å². The van der Waals surface area contributed by atoms with Gasteiger partial charge in [0, 0.05) is 18.2 Å². The first-order valence-electron chi connectivity index (χ1n) is 5.37. The fourth-order valence-electron chi connectivity index (χ4n) is 1.43. The molecule has 16 heavy (non-hydrogen) atoms. The number of nitrogens with two attached hydrogens (primary N) is 1. The molecule has 4 heteroatoms. The largest absolute Gasteiger partial charge is 0.397 e. The highest BCUT2D eigenvalue weighted by Crippen LogP contribution is 2.23. The van der Waals surface area contributed by atoms with Gasteiger partial charge in [0.1, 0.15) is 0 Å². The van der Waals surface area contributed by atoms with Crippen LogP contribution in [0.5, 0.6) is 0 Å². The van der Waals surface area contributed by atoms with Crippen molar-refractivity contribution in [2.75, 3.05) is 24.2 Å². The Labute approximate surface area is 102 Å². The van der Waals surface area contributed by atoms with Crippen LogP contribution in [0.2, 0.25) is 5.02 Å². The van der Waals surface area contributed by atoms with Crippen molar-refractivity contribution < 1.29 is 4.74 Å². The lowest BCUT2D eigenvalue weighted by Gasteiger charge is -2.25. The zero-order valence-corrected chi connectivity index (χ0v) is 10.8. The van der Waals surface area contributed by atoms with Crippen LogP contribution in [0, 0.1) is 0 Å². The van der Waals surface area contributed by atoms with E-state index in [1.807, 2.05) is 26.8 Å². The quantitative estimate of drug-likeness (QED) is 0.780. The van der Waals surface area contributed by atoms with Gasteiger partial charge >= 0.3 is 0 Å². The van der Waals surface area contributed by atoms with E-state index >= 15 is 0 Å². The number of ether oxygens (including phenoxy) is 1. The third-order valence-corrected chi connectivity index (χ3v) is 2.49. The smallest absolute Gasteiger partial charge is 0.0797 e. The van der Waals surface area contributed by atoms with Gasteiger partial charge in [-0.25, -0.2) is 0 Å². The molecule has 3 nitrogen and oxygen atoms in total. The van der Waals surface area contributed by atoms with Gasteiger partial charge in [0.15, 0.2) is 0 Å². The second-order valence-electron chi connectivity index (χ2n) is 4.28. The summed E-state index contributed by atoms with van der Waals surface area (Å²) in [5.41, 5.74) is 7.15. The molecule has 0 bridgehead atoms. The molecule has 0 aromatic heterocycles. The Morgan fingerprint density at radius 1 is 1.44 bits per heavy atom. The minimum absolute atomic E-state index is 0.219. The average molecular weight is 243 g/mol. The number of anilines is 2. The van der Waals surface area contributed by atoms with Gasteiger partial charge < -0.3 is 15.8 Å². The van der Waals surface area contributed by atoms with Crippen molar-refractivity contribution in [3.8, 4) is 0 Å². The maximum Gasteiger partial charge on any atom is 0.0797 e. The van der Waals surface area contributed by atoms with E-state index < -0.39 is 0 Å². The molecule has 0 saturated carbocycles. The standard InChI is InChI=1S/C12H19ClN2O/c1-4-16-12(2,3)8-15-11-7-9(13)5-6-10(11)14/h5-7,15H,4,8,14H2,1-3H3. The molecule has 0 fully saturated rings. The van der Waals surface area contributed by atoms with E-state index in [-0.39, 0.29) is 5.60 Å². The summed E-state index contributed by atoms with van der Waals surface area (Å²) in [4.78, 5) is 0. The molecule has 90 valence electrons. The van der Waals surface area contributed by atoms with Crippen molar-refractivity contribution in [1.82, 2.24) is 0 Å². The predicted molar refractivity (Wildman–Crippen MR) is 70.1 cm³/mol. The van der Waals surface area contributed by atoms with Crippen LogP contribution >= 0.6 is 11.6 Å². The Kier molecular flexibility index (Phi) is 4.44. The SMILES string of the molecule is CCOC(C)(C)CNc1cc(Cl)ccc1N. The molecule has 1 aromatic carbocycles. The second-order valence-corrected chi connectivity index (χ2v) is 4.71. The number of hydrogen-bond acceptors (Lipinski definition) is 3. The van der Waals surface area contributed by atoms with Crippen LogP contribution in [0.3, 0.4) is 0 Å². The summed E-state index contributed by atoms with van der Waals surface area (Å²) in [7, 11) is 0. The summed E-state index contributed by atoms with van der Waals surface area (Å²) in [5, 5.41) is 3.92. The third-order valence-electron chi connectivity index (χ3n) is 2.25. The first-order valence-corrected chi connectivity index (χ1v) is 5.75. The van der Waals surface area contributed by atoms with Crippen LogP contribution in [0.25, 0.3) is 0 Å². The summed E-state index contributed by atoms with van der Waals surface area (Å²) in [6.45, 7) is 7.43. The Morgan fingerprint density at radius 3 is 2.75 bits per heavy atom. The molecule has 0 radical (unpaired) electrons. The summed E-state index contributed by atoms with van der Waals surface area (Å²) in [6, 6.07) is 5.38. The molecule has 0 aliphatic carbocycles. The summed E-state index contributed by atoms with van der Waals surface area (Å²) in [6.07, 6.45) is 0. The van der Waals surface area contributed by atoms with E-state index in [0.29, 0.717) is 23.9 Å². The molecule has 1 rings (SSSR count). The number of benzene rings is 1. The minimum Gasteiger partial charge on any atom is -0.397 e. The maximum absolute atomic E-state index is 5.90. The van der Waals surface area contributed by atoms with Crippen molar-refractivity contribution in [2.45, 2.75) is 26.4 Å². The van der Waals surface area contributed by atoms with Crippen LogP contribution in [0.4, 0.5) is 11.4 Å². The lowest BCUT2D eigenvalue weighted by molar-refractivity contribution is 0.000710. The molecule has 0 amide bonds. The van der Waals surface area contributed by atoms with Gasteiger partial charge in [-0.1, -0.05) is 11.6 Å². The summed E-state index contributed by atoms with van der Waals surface area (Å²) >= 11 is 5.90. The van der Waals surface area contributed by atoms with E-state index in [0.717, 1.165) is 5.69 Å². The van der Waals surface area contributed by atoms with Gasteiger partial charge in [0.2, 0.25) is 0 Å². The Bertz CT molecular complexity index is 353. The minimum atomic E-state index is -0.219. The first-order chi connectivity index (χ1) is 7.44. The van der Waals surface area contributed by atoms with Crippen molar-refractivity contribution in [3.63, 3.8) is 0 Å². The number of nitrogen functional groups attached to an aromatic ring is 1. The highest BCUT2D eigenvalue weighted by atomic mass is 35.5. The monoisotopic (exact) mass is 242 g/mol. The molecule has 1 aromatic rings. The van der Waals surface area contributed by atoms with Crippen LogP contribution in [0.1, 0.15) is 20.8 Å². The summed E-state index contributed by atoms with van der Waals surface area (Å²) in [5.74, 6) is 0. The Hall–Kier alpha value is -0.930. The van der Waals surface area contributed by atoms with Gasteiger partial charge in [-0.3, -0.25) is 0 Å². The van der Waals surface area contributed by atoms with Crippen molar-refractivity contribution >= 4 is 23.0 Å². The third kappa shape index (κ3) is 3.91. The Morgan fingerprint density at radius 2 is 2.12 bits per heavy atom. The van der Waals surface area contributed by atoms with Crippen LogP contribution in [-0.4, -0.2) is 18.8 Å². The molecular weight excluding hydrogens is 224 g/mol. The molecule has 0 heterocycles. The number of halogens is 1. The molecule has 3 N–H and O–H groups in total. The fraction of sp³-hybridized carbons (Fsp3) is 0.500. The topological polar surface area (TPSA) is 47.3 Å². The van der Waals surface area contributed by atoms with E-state index in [1.54, 1.807) is 12.1 Å². The highest BCUT2D eigenvalue weighted by Gasteiger charge is 2.17. The van der Waals surface area contributed by atoms with Gasteiger partial charge in [-0.05, 0) is 39.0 Å². The lowest BCUT2D eigenvalue weighted by atomic mass is 10.1. The van der Waals surface area contributed by atoms with Crippen molar-refractivity contribution in [2.24, 2.45) is 0 Å². The van der Waals surface area contributed by atoms with Gasteiger partial charge in [-0.15, -0.1) is 0 Å². The molecule has 0 saturated heterocycles. The average Bonchev–Trinajstić information content (AvgIpc) is 2.19. The maximum atomic E-state index is 5.90. The first kappa shape index (κ1) is 13.1. The summed E-state index contributed by atoms with van der Waals surface area (Å²) < 4.78 is 5.58. The van der Waals surface area contributed by atoms with Crippen molar-refractivity contribution in [3.05, 3.63) is 23.2 Å². The molecule has 0 spiro atoms. The predicted octanol–water partition coefficient (Wildman–Crippen LogP) is 3.15. The number of rotatable bonds is 5. The number of nitrogens with one attached hydrogen (secondary N) is 1. The molecule has 0 aliphatic heterocycles. The molecule has 0 atom stereocenters. The zero-order chi connectivity index (χ0) is 12.2. The highest BCUT2D eigenvalue weighted by molar-refractivity contribution is 6.31. The van der Waals surface area contributed by atoms with E-state index in [4.69, 9.17) is 22.1 Å². The lowest BCUT2D eigenvalue weighted by Crippen LogP contribution is -2.33. The van der Waals surface area contributed by atoms with Crippen molar-refractivity contribution in [1.29, 1.82) is 0 Å². The fourth-order valence-corrected chi connectivity index (χ4v) is 1.60. The second kappa shape index (κ2) is 5.41. The van der Waals surface area contributed by atoms with E-state index in [9.17, 15) is 0 Å². The van der Waals surface area contributed by atoms with E-state index in [2.05, 4.69) is 5.32 Å².